The minimum atomic E-state index is -1.11. The van der Waals surface area contributed by atoms with Crippen molar-refractivity contribution in [2.45, 2.75) is 33.2 Å². The van der Waals surface area contributed by atoms with Gasteiger partial charge in [-0.2, -0.15) is 0 Å². The quantitative estimate of drug-likeness (QED) is 0.605. The van der Waals surface area contributed by atoms with E-state index in [1.165, 1.54) is 6.20 Å². The largest absolute Gasteiger partial charge is 0.386 e. The summed E-state index contributed by atoms with van der Waals surface area (Å²) in [7, 11) is 1.69. The first-order valence-corrected chi connectivity index (χ1v) is 9.03. The number of amides is 2. The Morgan fingerprint density at radius 2 is 2.11 bits per heavy atom. The first kappa shape index (κ1) is 21.1. The maximum absolute atomic E-state index is 12.7. The Kier molecular flexibility index (Phi) is 6.51. The van der Waals surface area contributed by atoms with Crippen LogP contribution in [0.15, 0.2) is 58.2 Å². The van der Waals surface area contributed by atoms with Crippen molar-refractivity contribution < 1.29 is 9.59 Å². The second-order valence-corrected chi connectivity index (χ2v) is 6.95. The number of amidine groups is 1. The van der Waals surface area contributed by atoms with E-state index in [1.807, 2.05) is 26.0 Å². The third kappa shape index (κ3) is 4.73. The Labute approximate surface area is 165 Å². The molecule has 1 atom stereocenters. The average Bonchev–Trinajstić information content (AvgIpc) is 2.64. The van der Waals surface area contributed by atoms with Gasteiger partial charge in [-0.1, -0.05) is 18.2 Å². The Balaban J connectivity index is 2.25. The fourth-order valence-corrected chi connectivity index (χ4v) is 2.92. The van der Waals surface area contributed by atoms with E-state index in [9.17, 15) is 9.59 Å². The van der Waals surface area contributed by atoms with Crippen LogP contribution in [-0.2, 0) is 15.1 Å². The van der Waals surface area contributed by atoms with E-state index >= 15 is 0 Å². The predicted molar refractivity (Wildman–Crippen MR) is 113 cm³/mol. The van der Waals surface area contributed by atoms with Crippen LogP contribution >= 0.6 is 0 Å². The smallest absolute Gasteiger partial charge is 0.255 e. The zero-order chi connectivity index (χ0) is 20.9. The second-order valence-electron chi connectivity index (χ2n) is 6.95. The molecule has 0 fully saturated rings. The van der Waals surface area contributed by atoms with E-state index in [-0.39, 0.29) is 11.8 Å². The highest BCUT2D eigenvalue weighted by Crippen LogP contribution is 2.31. The fourth-order valence-electron chi connectivity index (χ4n) is 2.92. The zero-order valence-corrected chi connectivity index (χ0v) is 17.0. The summed E-state index contributed by atoms with van der Waals surface area (Å²) >= 11 is 0. The molecular weight excluding hydrogens is 354 g/mol. The molecule has 3 N–H and O–H groups in total. The van der Waals surface area contributed by atoms with Gasteiger partial charge in [-0.3, -0.25) is 14.6 Å². The molecule has 1 aromatic carbocycles. The highest BCUT2D eigenvalue weighted by atomic mass is 16.2. The molecule has 28 heavy (non-hydrogen) atoms. The van der Waals surface area contributed by atoms with Gasteiger partial charge in [0.05, 0.1) is 6.54 Å². The van der Waals surface area contributed by atoms with Crippen LogP contribution in [0.25, 0.3) is 0 Å². The lowest BCUT2D eigenvalue weighted by atomic mass is 9.89. The Bertz CT molecular complexity index is 898. The van der Waals surface area contributed by atoms with Gasteiger partial charge in [0.15, 0.2) is 5.54 Å². The molecule has 0 radical (unpaired) electrons. The van der Waals surface area contributed by atoms with Crippen LogP contribution in [0.5, 0.6) is 0 Å². The van der Waals surface area contributed by atoms with Crippen molar-refractivity contribution in [3.63, 3.8) is 0 Å². The molecule has 2 rings (SSSR count). The molecule has 0 aromatic heterocycles. The van der Waals surface area contributed by atoms with Gasteiger partial charge < -0.3 is 16.0 Å². The molecule has 1 aliphatic rings. The van der Waals surface area contributed by atoms with Gasteiger partial charge in [0.25, 0.3) is 11.8 Å². The van der Waals surface area contributed by atoms with Crippen molar-refractivity contribution in [1.29, 1.82) is 0 Å². The first-order valence-electron chi connectivity index (χ1n) is 9.03. The molecule has 0 spiro atoms. The van der Waals surface area contributed by atoms with Crippen molar-refractivity contribution in [1.82, 2.24) is 4.90 Å². The fraction of sp³-hybridized carbons (Fsp3) is 0.333. The molecule has 0 bridgehead atoms. The summed E-state index contributed by atoms with van der Waals surface area (Å²) in [5.74, 6) is -0.0170. The maximum Gasteiger partial charge on any atom is 0.255 e. The summed E-state index contributed by atoms with van der Waals surface area (Å²) in [6, 6.07) is 7.08. The topological polar surface area (TPSA) is 100 Å². The number of likely N-dealkylation sites (N-methyl/N-ethyl adjacent to an activating group) is 1. The van der Waals surface area contributed by atoms with Crippen LogP contribution in [0.2, 0.25) is 0 Å². The van der Waals surface area contributed by atoms with Crippen molar-refractivity contribution in [2.24, 2.45) is 15.7 Å². The van der Waals surface area contributed by atoms with Gasteiger partial charge >= 0.3 is 0 Å². The third-order valence-electron chi connectivity index (χ3n) is 4.44. The molecule has 1 aromatic rings. The van der Waals surface area contributed by atoms with Crippen LogP contribution < -0.4 is 11.1 Å². The van der Waals surface area contributed by atoms with E-state index in [0.717, 1.165) is 5.71 Å². The van der Waals surface area contributed by atoms with Gasteiger partial charge in [-0.15, -0.1) is 0 Å². The molecule has 0 aliphatic carbocycles. The standard InChI is InChI=1S/C21H27N5O2/c1-6-8-15(3)23-12-14(2)19(27)24-17-10-7-9-16(11-17)21(4)20(28)26(5)13-18(22)25-21/h6-12H,13H2,1-5H3,(H2,22,25)(H,24,27)/b8-6?,14-12+,23-15?. The number of benzene rings is 1. The van der Waals surface area contributed by atoms with Crippen molar-refractivity contribution in [3.05, 3.63) is 53.8 Å². The second kappa shape index (κ2) is 8.65. The van der Waals surface area contributed by atoms with E-state index < -0.39 is 5.54 Å². The summed E-state index contributed by atoms with van der Waals surface area (Å²) in [5.41, 5.74) is 7.29. The molecule has 7 heteroatoms. The molecule has 1 unspecified atom stereocenters. The Morgan fingerprint density at radius 1 is 1.39 bits per heavy atom. The number of hydrogen-bond acceptors (Lipinski definition) is 5. The third-order valence-corrected chi connectivity index (χ3v) is 4.44. The molecule has 7 nitrogen and oxygen atoms in total. The average molecular weight is 381 g/mol. The Morgan fingerprint density at radius 3 is 2.79 bits per heavy atom. The maximum atomic E-state index is 12.7. The van der Waals surface area contributed by atoms with Crippen LogP contribution in [0.1, 0.15) is 33.3 Å². The number of anilines is 1. The monoisotopic (exact) mass is 381 g/mol. The molecule has 148 valence electrons. The van der Waals surface area contributed by atoms with Gasteiger partial charge in [0.1, 0.15) is 5.84 Å². The molecule has 1 aliphatic heterocycles. The Hall–Kier alpha value is -3.22. The lowest BCUT2D eigenvalue weighted by molar-refractivity contribution is -0.135. The summed E-state index contributed by atoms with van der Waals surface area (Å²) in [4.78, 5) is 35.3. The van der Waals surface area contributed by atoms with Crippen LogP contribution in [0.4, 0.5) is 5.69 Å². The highest BCUT2D eigenvalue weighted by Gasteiger charge is 2.40. The molecule has 0 saturated carbocycles. The molecule has 0 saturated heterocycles. The SMILES string of the molecule is CC=CC(C)=N/C=C(\C)C(=O)Nc1cccc(C2(C)N=C(N)CN(C)C2=O)c1. The first-order chi connectivity index (χ1) is 13.2. The minimum Gasteiger partial charge on any atom is -0.386 e. The number of nitrogens with zero attached hydrogens (tertiary/aromatic N) is 3. The number of nitrogens with two attached hydrogens (primary N) is 1. The van der Waals surface area contributed by atoms with Crippen LogP contribution in [0.3, 0.4) is 0 Å². The van der Waals surface area contributed by atoms with E-state index in [2.05, 4.69) is 15.3 Å². The number of carbonyl (C=O) groups excluding carboxylic acids is 2. The van der Waals surface area contributed by atoms with Gasteiger partial charge in [-0.25, -0.2) is 4.99 Å². The van der Waals surface area contributed by atoms with Crippen LogP contribution in [0, 0.1) is 0 Å². The summed E-state index contributed by atoms with van der Waals surface area (Å²) in [5, 5.41) is 2.83. The number of nitrogens with one attached hydrogen (secondary N) is 1. The number of carbonyl (C=O) groups is 2. The lowest BCUT2D eigenvalue weighted by Gasteiger charge is -2.34. The van der Waals surface area contributed by atoms with Crippen molar-refractivity contribution in [3.8, 4) is 0 Å². The van der Waals surface area contributed by atoms with E-state index in [0.29, 0.717) is 29.2 Å². The normalized spacial score (nSPS) is 21.1. The van der Waals surface area contributed by atoms with Crippen LogP contribution in [-0.4, -0.2) is 41.9 Å². The number of hydrogen-bond donors (Lipinski definition) is 2. The minimum absolute atomic E-state index is 0.143. The predicted octanol–water partition coefficient (Wildman–Crippen LogP) is 2.61. The molecular formula is C21H27N5O2. The van der Waals surface area contributed by atoms with Crippen molar-refractivity contribution >= 4 is 29.0 Å². The lowest BCUT2D eigenvalue weighted by Crippen LogP contribution is -2.51. The number of aliphatic imine (C=N–C) groups is 2. The molecule has 1 heterocycles. The van der Waals surface area contributed by atoms with Gasteiger partial charge in [0.2, 0.25) is 0 Å². The van der Waals surface area contributed by atoms with Gasteiger partial charge in [0, 0.05) is 30.2 Å². The molecule has 2 amide bonds. The number of rotatable bonds is 5. The number of allylic oxidation sites excluding steroid dienone is 2. The zero-order valence-electron chi connectivity index (χ0n) is 17.0. The highest BCUT2D eigenvalue weighted by molar-refractivity contribution is 6.04. The van der Waals surface area contributed by atoms with E-state index in [4.69, 9.17) is 5.73 Å². The summed E-state index contributed by atoms with van der Waals surface area (Å²) < 4.78 is 0. The van der Waals surface area contributed by atoms with E-state index in [1.54, 1.807) is 50.1 Å². The summed E-state index contributed by atoms with van der Waals surface area (Å²) in [6.07, 6.45) is 5.27. The van der Waals surface area contributed by atoms with Crippen molar-refractivity contribution in [2.75, 3.05) is 18.9 Å². The summed E-state index contributed by atoms with van der Waals surface area (Å²) in [6.45, 7) is 7.49. The van der Waals surface area contributed by atoms with Gasteiger partial charge in [-0.05, 0) is 51.5 Å².